The molecule has 0 aromatic heterocycles. The van der Waals surface area contributed by atoms with E-state index >= 15 is 0 Å². The third-order valence-corrected chi connectivity index (χ3v) is 3.68. The third kappa shape index (κ3) is 1.71. The zero-order chi connectivity index (χ0) is 13.6. The monoisotopic (exact) mass is 261 g/mol. The lowest BCUT2D eigenvalue weighted by Crippen LogP contribution is -2.63. The zero-order valence-corrected chi connectivity index (χ0v) is 10.7. The van der Waals surface area contributed by atoms with E-state index in [1.54, 1.807) is 25.1 Å². The average molecular weight is 261 g/mol. The van der Waals surface area contributed by atoms with Crippen molar-refractivity contribution in [1.29, 1.82) is 0 Å². The molecule has 2 amide bonds. The number of para-hydroxylation sites is 1. The first-order valence-electron chi connectivity index (χ1n) is 6.10. The van der Waals surface area contributed by atoms with Gasteiger partial charge in [-0.1, -0.05) is 23.4 Å². The van der Waals surface area contributed by atoms with Gasteiger partial charge in [0.25, 0.3) is 0 Å². The molecule has 1 saturated heterocycles. The molecule has 3 rings (SSSR count). The van der Waals surface area contributed by atoms with Crippen molar-refractivity contribution < 1.29 is 14.7 Å². The van der Waals surface area contributed by atoms with Gasteiger partial charge in [0.05, 0.1) is 17.7 Å². The lowest BCUT2D eigenvalue weighted by Gasteiger charge is -2.40. The number of hydrogen-bond donors (Lipinski definition) is 3. The van der Waals surface area contributed by atoms with Crippen LogP contribution in [0.3, 0.4) is 0 Å². The summed E-state index contributed by atoms with van der Waals surface area (Å²) < 4.78 is 0. The Balaban J connectivity index is 2.06. The van der Waals surface area contributed by atoms with E-state index in [9.17, 15) is 9.90 Å². The number of hydrogen-bond acceptors (Lipinski definition) is 4. The highest BCUT2D eigenvalue weighted by molar-refractivity contribution is 5.90. The fourth-order valence-electron chi connectivity index (χ4n) is 2.83. The molecule has 1 aromatic rings. The van der Waals surface area contributed by atoms with Crippen molar-refractivity contribution in [2.24, 2.45) is 11.1 Å². The normalized spacial score (nSPS) is 32.7. The van der Waals surface area contributed by atoms with Gasteiger partial charge < -0.3 is 15.3 Å². The maximum atomic E-state index is 11.8. The Hall–Kier alpha value is -2.24. The van der Waals surface area contributed by atoms with E-state index < -0.39 is 5.72 Å². The quantitative estimate of drug-likeness (QED) is 0.716. The Morgan fingerprint density at radius 1 is 1.42 bits per heavy atom. The van der Waals surface area contributed by atoms with Crippen molar-refractivity contribution in [3.8, 4) is 5.75 Å². The minimum atomic E-state index is -0.876. The average Bonchev–Trinajstić information content (AvgIpc) is 2.65. The number of carbonyl (C=O) groups is 1. The zero-order valence-electron chi connectivity index (χ0n) is 10.7. The molecule has 0 spiro atoms. The summed E-state index contributed by atoms with van der Waals surface area (Å²) in [6, 6.07) is 6.25. The second-order valence-corrected chi connectivity index (χ2v) is 5.04. The largest absolute Gasteiger partial charge is 0.508 e. The Kier molecular flexibility index (Phi) is 2.41. The molecular weight excluding hydrogens is 246 g/mol. The molecule has 3 N–H and O–H groups in total. The van der Waals surface area contributed by atoms with Crippen LogP contribution in [0.15, 0.2) is 29.4 Å². The van der Waals surface area contributed by atoms with Crippen molar-refractivity contribution in [2.45, 2.75) is 25.6 Å². The van der Waals surface area contributed by atoms with Gasteiger partial charge in [-0.25, -0.2) is 4.79 Å². The molecule has 3 atom stereocenters. The lowest BCUT2D eigenvalue weighted by molar-refractivity contribution is -0.0636. The summed E-state index contributed by atoms with van der Waals surface area (Å²) in [6.45, 7) is 3.63. The van der Waals surface area contributed by atoms with Crippen LogP contribution in [0.4, 0.5) is 4.79 Å². The van der Waals surface area contributed by atoms with Gasteiger partial charge in [-0.05, 0) is 19.9 Å². The Morgan fingerprint density at radius 2 is 2.16 bits per heavy atom. The first-order valence-corrected chi connectivity index (χ1v) is 6.10. The number of nitrogens with one attached hydrogen (secondary N) is 2. The standard InChI is InChI=1S/C13H15N3O3/c1-7-10-11(8-5-3-4-6-9(8)17)14-12(18)15-13(10,2)19-16-7/h3-6,10-11,17H,1-2H3,(H2,14,15,18)/t10-,11+,13?/m0/s1. The molecule has 0 bridgehead atoms. The number of aromatic hydroxyl groups is 1. The van der Waals surface area contributed by atoms with Crippen molar-refractivity contribution in [2.75, 3.05) is 0 Å². The molecule has 19 heavy (non-hydrogen) atoms. The molecular formula is C13H15N3O3. The molecule has 1 unspecified atom stereocenters. The van der Waals surface area contributed by atoms with E-state index in [0.29, 0.717) is 5.56 Å². The Morgan fingerprint density at radius 3 is 2.89 bits per heavy atom. The van der Waals surface area contributed by atoms with Gasteiger partial charge in [0.2, 0.25) is 5.72 Å². The molecule has 0 saturated carbocycles. The van der Waals surface area contributed by atoms with Crippen molar-refractivity contribution in [3.05, 3.63) is 29.8 Å². The molecule has 0 aliphatic carbocycles. The van der Waals surface area contributed by atoms with Crippen molar-refractivity contribution in [1.82, 2.24) is 10.6 Å². The summed E-state index contributed by atoms with van der Waals surface area (Å²) in [7, 11) is 0. The maximum Gasteiger partial charge on any atom is 0.318 e. The third-order valence-electron chi connectivity index (χ3n) is 3.68. The number of fused-ring (bicyclic) bond motifs is 1. The number of benzene rings is 1. The first-order chi connectivity index (χ1) is 9.01. The van der Waals surface area contributed by atoms with Gasteiger partial charge in [-0.2, -0.15) is 0 Å². The van der Waals surface area contributed by atoms with Gasteiger partial charge in [-0.3, -0.25) is 5.32 Å². The molecule has 6 nitrogen and oxygen atoms in total. The fourth-order valence-corrected chi connectivity index (χ4v) is 2.83. The van der Waals surface area contributed by atoms with Crippen LogP contribution in [0.2, 0.25) is 0 Å². The molecule has 100 valence electrons. The molecule has 2 heterocycles. The molecule has 6 heteroatoms. The van der Waals surface area contributed by atoms with E-state index in [1.165, 1.54) is 0 Å². The van der Waals surface area contributed by atoms with E-state index in [2.05, 4.69) is 15.8 Å². The Bertz CT molecular complexity index is 572. The fraction of sp³-hybridized carbons (Fsp3) is 0.385. The minimum Gasteiger partial charge on any atom is -0.508 e. The van der Waals surface area contributed by atoms with E-state index in [0.717, 1.165) is 5.71 Å². The second kappa shape index (κ2) is 3.88. The van der Waals surface area contributed by atoms with E-state index in [-0.39, 0.29) is 23.7 Å². The topological polar surface area (TPSA) is 83.0 Å². The number of amides is 2. The summed E-state index contributed by atoms with van der Waals surface area (Å²) >= 11 is 0. The van der Waals surface area contributed by atoms with E-state index in [4.69, 9.17) is 4.84 Å². The van der Waals surface area contributed by atoms with Crippen LogP contribution < -0.4 is 10.6 Å². The van der Waals surface area contributed by atoms with E-state index in [1.807, 2.05) is 13.0 Å². The number of phenolic OH excluding ortho intramolecular Hbond substituents is 1. The van der Waals surface area contributed by atoms with Crippen molar-refractivity contribution in [3.63, 3.8) is 0 Å². The lowest BCUT2D eigenvalue weighted by atomic mass is 9.81. The van der Waals surface area contributed by atoms with Gasteiger partial charge in [0.15, 0.2) is 0 Å². The minimum absolute atomic E-state index is 0.150. The summed E-state index contributed by atoms with van der Waals surface area (Å²) in [4.78, 5) is 17.1. The highest BCUT2D eigenvalue weighted by atomic mass is 16.7. The van der Waals surface area contributed by atoms with Crippen LogP contribution in [0, 0.1) is 5.92 Å². The molecule has 1 aromatic carbocycles. The number of rotatable bonds is 1. The molecule has 1 fully saturated rings. The number of carbonyl (C=O) groups excluding carboxylic acids is 1. The summed E-state index contributed by atoms with van der Waals surface area (Å²) in [6.07, 6.45) is 0. The van der Waals surface area contributed by atoms with Crippen LogP contribution in [-0.2, 0) is 4.84 Å². The predicted molar refractivity (Wildman–Crippen MR) is 68.6 cm³/mol. The van der Waals surface area contributed by atoms with Crippen LogP contribution >= 0.6 is 0 Å². The summed E-state index contributed by atoms with van der Waals surface area (Å²) in [5, 5.41) is 19.5. The maximum absolute atomic E-state index is 11.8. The highest BCUT2D eigenvalue weighted by Gasteiger charge is 2.53. The summed E-state index contributed by atoms with van der Waals surface area (Å²) in [5.74, 6) is -0.0183. The number of oxime groups is 1. The van der Waals surface area contributed by atoms with Gasteiger partial charge in [0.1, 0.15) is 5.75 Å². The van der Waals surface area contributed by atoms with Gasteiger partial charge in [0, 0.05) is 5.56 Å². The Labute approximate surface area is 110 Å². The molecule has 2 aliphatic heterocycles. The number of phenols is 1. The van der Waals surface area contributed by atoms with Crippen molar-refractivity contribution >= 4 is 11.7 Å². The predicted octanol–water partition coefficient (Wildman–Crippen LogP) is 1.48. The van der Waals surface area contributed by atoms with Crippen LogP contribution in [0.1, 0.15) is 25.5 Å². The summed E-state index contributed by atoms with van der Waals surface area (Å²) in [5.41, 5.74) is 0.566. The number of nitrogens with zero attached hydrogens (tertiary/aromatic N) is 1. The smallest absolute Gasteiger partial charge is 0.318 e. The highest BCUT2D eigenvalue weighted by Crippen LogP contribution is 2.41. The van der Waals surface area contributed by atoms with Crippen LogP contribution in [0.25, 0.3) is 0 Å². The van der Waals surface area contributed by atoms with Gasteiger partial charge in [-0.15, -0.1) is 0 Å². The van der Waals surface area contributed by atoms with Crippen LogP contribution in [0.5, 0.6) is 5.75 Å². The second-order valence-electron chi connectivity index (χ2n) is 5.04. The van der Waals surface area contributed by atoms with Gasteiger partial charge >= 0.3 is 6.03 Å². The number of urea groups is 1. The van der Waals surface area contributed by atoms with Crippen LogP contribution in [-0.4, -0.2) is 22.6 Å². The SMILES string of the molecule is CC1=NOC2(C)NC(=O)N[C@H](c3ccccc3O)[C@H]12. The first kappa shape index (κ1) is 11.8. The molecule has 2 aliphatic rings. The molecule has 0 radical (unpaired) electrons.